The zero-order valence-corrected chi connectivity index (χ0v) is 20.4. The molecule has 1 atom stereocenters. The van der Waals surface area contributed by atoms with Gasteiger partial charge in [-0.3, -0.25) is 14.5 Å². The maximum Gasteiger partial charge on any atom is 0.300 e. The number of aryl methyl sites for hydroxylation is 1. The van der Waals surface area contributed by atoms with E-state index in [1.807, 2.05) is 30.3 Å². The van der Waals surface area contributed by atoms with Crippen molar-refractivity contribution >= 4 is 28.8 Å². The molecule has 0 aliphatic carbocycles. The van der Waals surface area contributed by atoms with Crippen LogP contribution >= 0.6 is 0 Å². The lowest BCUT2D eigenvalue weighted by atomic mass is 9.93. The predicted octanol–water partition coefficient (Wildman–Crippen LogP) is 4.94. The third-order valence-electron chi connectivity index (χ3n) is 7.41. The van der Waals surface area contributed by atoms with E-state index in [-0.39, 0.29) is 17.1 Å². The average Bonchev–Trinajstić information content (AvgIpc) is 3.55. The van der Waals surface area contributed by atoms with Gasteiger partial charge in [0.1, 0.15) is 17.3 Å². The number of anilines is 2. The number of benzene rings is 3. The van der Waals surface area contributed by atoms with Gasteiger partial charge in [0.25, 0.3) is 11.7 Å². The molecule has 2 saturated heterocycles. The number of ether oxygens (including phenoxy) is 1. The second-order valence-corrected chi connectivity index (χ2v) is 9.75. The Hall–Kier alpha value is -4.26. The molecule has 0 aromatic heterocycles. The van der Waals surface area contributed by atoms with Crippen molar-refractivity contribution in [2.24, 2.45) is 0 Å². The summed E-state index contributed by atoms with van der Waals surface area (Å²) in [7, 11) is 0. The summed E-state index contributed by atoms with van der Waals surface area (Å²) in [6.45, 7) is 2.65. The maximum atomic E-state index is 13.4. The number of hydrogen-bond acceptors (Lipinski definition) is 6. The van der Waals surface area contributed by atoms with Gasteiger partial charge in [0.15, 0.2) is 0 Å². The number of phenolic OH excluding ortho intramolecular Hbond substituents is 1. The lowest BCUT2D eigenvalue weighted by molar-refractivity contribution is -0.132. The summed E-state index contributed by atoms with van der Waals surface area (Å²) in [6.07, 6.45) is 3.99. The van der Waals surface area contributed by atoms with Crippen molar-refractivity contribution in [3.63, 3.8) is 0 Å². The number of carbonyl (C=O) groups is 2. The number of carbonyl (C=O) groups excluding carboxylic acids is 2. The first-order valence-electron chi connectivity index (χ1n) is 12.7. The first-order valence-corrected chi connectivity index (χ1v) is 12.7. The first-order chi connectivity index (χ1) is 18.0. The minimum Gasteiger partial charge on any atom is -0.508 e. The van der Waals surface area contributed by atoms with Crippen LogP contribution < -0.4 is 14.5 Å². The van der Waals surface area contributed by atoms with E-state index >= 15 is 0 Å². The highest BCUT2D eigenvalue weighted by Gasteiger charge is 2.47. The summed E-state index contributed by atoms with van der Waals surface area (Å²) < 4.78 is 5.69. The topological polar surface area (TPSA) is 90.3 Å². The van der Waals surface area contributed by atoms with E-state index in [1.165, 1.54) is 17.0 Å². The van der Waals surface area contributed by atoms with E-state index in [4.69, 9.17) is 4.74 Å². The van der Waals surface area contributed by atoms with E-state index in [0.717, 1.165) is 55.8 Å². The van der Waals surface area contributed by atoms with Crippen LogP contribution in [0.4, 0.5) is 11.4 Å². The van der Waals surface area contributed by atoms with E-state index < -0.39 is 17.7 Å². The van der Waals surface area contributed by atoms with Crippen molar-refractivity contribution in [2.75, 3.05) is 29.5 Å². The predicted molar refractivity (Wildman–Crippen MR) is 141 cm³/mol. The van der Waals surface area contributed by atoms with Gasteiger partial charge in [0.2, 0.25) is 0 Å². The molecule has 3 aliphatic rings. The van der Waals surface area contributed by atoms with Crippen LogP contribution in [0.15, 0.2) is 72.3 Å². The molecule has 3 heterocycles. The molecule has 3 aromatic carbocycles. The number of Topliss-reactive ketones (excluding diaryl/α,β-unsaturated/α-hetero) is 1. The Kier molecular flexibility index (Phi) is 5.83. The second kappa shape index (κ2) is 9.32. The fourth-order valence-corrected chi connectivity index (χ4v) is 5.57. The summed E-state index contributed by atoms with van der Waals surface area (Å²) >= 11 is 0. The summed E-state index contributed by atoms with van der Waals surface area (Å²) in [5, 5.41) is 21.6. The van der Waals surface area contributed by atoms with Crippen LogP contribution in [0.3, 0.4) is 0 Å². The Labute approximate surface area is 215 Å². The number of aliphatic hydroxyl groups excluding tert-OH is 1. The van der Waals surface area contributed by atoms with Crippen LogP contribution in [0.2, 0.25) is 0 Å². The van der Waals surface area contributed by atoms with Crippen molar-refractivity contribution in [3.05, 3.63) is 89.0 Å². The van der Waals surface area contributed by atoms with E-state index in [9.17, 15) is 19.8 Å². The molecule has 6 rings (SSSR count). The molecular formula is C30H28N2O5. The van der Waals surface area contributed by atoms with Gasteiger partial charge in [-0.05, 0) is 91.4 Å². The highest BCUT2D eigenvalue weighted by atomic mass is 16.5. The Morgan fingerprint density at radius 3 is 2.41 bits per heavy atom. The SMILES string of the molecule is O=C1C(=O)N(c2ccc(N3CCCC3)cc2)C(c2cccc(O)c2)/C1=C(/O)c1ccc2c(c1)CCCO2. The molecule has 37 heavy (non-hydrogen) atoms. The average molecular weight is 497 g/mol. The molecular weight excluding hydrogens is 468 g/mol. The van der Waals surface area contributed by atoms with Gasteiger partial charge in [0, 0.05) is 30.0 Å². The minimum absolute atomic E-state index is 0.00380. The van der Waals surface area contributed by atoms with Crippen LogP contribution in [-0.2, 0) is 16.0 Å². The smallest absolute Gasteiger partial charge is 0.300 e. The summed E-state index contributed by atoms with van der Waals surface area (Å²) in [5.41, 5.74) is 3.56. The van der Waals surface area contributed by atoms with Gasteiger partial charge in [-0.15, -0.1) is 0 Å². The molecule has 1 amide bonds. The Morgan fingerprint density at radius 2 is 1.65 bits per heavy atom. The number of aliphatic hydroxyl groups is 1. The second-order valence-electron chi connectivity index (χ2n) is 9.75. The van der Waals surface area contributed by atoms with Crippen LogP contribution in [-0.4, -0.2) is 41.6 Å². The largest absolute Gasteiger partial charge is 0.508 e. The van der Waals surface area contributed by atoms with Gasteiger partial charge in [-0.25, -0.2) is 0 Å². The molecule has 3 aromatic rings. The van der Waals surface area contributed by atoms with Crippen LogP contribution in [0.5, 0.6) is 11.5 Å². The molecule has 0 bridgehead atoms. The molecule has 0 spiro atoms. The number of ketones is 1. The Morgan fingerprint density at radius 1 is 0.892 bits per heavy atom. The third kappa shape index (κ3) is 4.10. The number of phenols is 1. The summed E-state index contributed by atoms with van der Waals surface area (Å²) in [6, 6.07) is 18.5. The molecule has 188 valence electrons. The molecule has 7 heteroatoms. The lowest BCUT2D eigenvalue weighted by Gasteiger charge is -2.26. The minimum atomic E-state index is -0.892. The van der Waals surface area contributed by atoms with Crippen LogP contribution in [0.25, 0.3) is 5.76 Å². The molecule has 0 saturated carbocycles. The van der Waals surface area contributed by atoms with Gasteiger partial charge < -0.3 is 19.8 Å². The monoisotopic (exact) mass is 496 g/mol. The van der Waals surface area contributed by atoms with Gasteiger partial charge in [0.05, 0.1) is 18.2 Å². The number of hydrogen-bond donors (Lipinski definition) is 2. The van der Waals surface area contributed by atoms with Crippen molar-refractivity contribution < 1.29 is 24.5 Å². The molecule has 0 radical (unpaired) electrons. The van der Waals surface area contributed by atoms with Crippen molar-refractivity contribution in [2.45, 2.75) is 31.7 Å². The molecule has 2 N–H and O–H groups in total. The number of fused-ring (bicyclic) bond motifs is 1. The lowest BCUT2D eigenvalue weighted by Crippen LogP contribution is -2.29. The first kappa shape index (κ1) is 23.2. The highest BCUT2D eigenvalue weighted by molar-refractivity contribution is 6.51. The van der Waals surface area contributed by atoms with Crippen LogP contribution in [0, 0.1) is 0 Å². The number of nitrogens with zero attached hydrogens (tertiary/aromatic N) is 2. The Bertz CT molecular complexity index is 1410. The standard InChI is InChI=1S/C30H28N2O5/c33-24-7-3-5-20(18-24)27-26(28(34)21-8-13-25-19(17-21)6-4-16-37-25)29(35)30(36)32(27)23-11-9-22(10-12-23)31-14-1-2-15-31/h3,5,7-13,17-18,27,33-34H,1-2,4,6,14-16H2/b28-26-. The van der Waals surface area contributed by atoms with E-state index in [2.05, 4.69) is 4.90 Å². The number of amides is 1. The zero-order valence-electron chi connectivity index (χ0n) is 20.4. The van der Waals surface area contributed by atoms with Gasteiger partial charge in [-0.1, -0.05) is 12.1 Å². The molecule has 3 aliphatic heterocycles. The number of rotatable bonds is 4. The van der Waals surface area contributed by atoms with Gasteiger partial charge >= 0.3 is 0 Å². The van der Waals surface area contributed by atoms with Crippen molar-refractivity contribution in [3.8, 4) is 11.5 Å². The Balaban J connectivity index is 1.46. The van der Waals surface area contributed by atoms with Crippen molar-refractivity contribution in [1.29, 1.82) is 0 Å². The van der Waals surface area contributed by atoms with E-state index in [0.29, 0.717) is 23.4 Å². The highest BCUT2D eigenvalue weighted by Crippen LogP contribution is 2.43. The zero-order chi connectivity index (χ0) is 25.5. The summed E-state index contributed by atoms with van der Waals surface area (Å²) in [4.78, 5) is 30.6. The maximum absolute atomic E-state index is 13.4. The quantitative estimate of drug-likeness (QED) is 0.302. The fraction of sp³-hybridized carbons (Fsp3) is 0.267. The van der Waals surface area contributed by atoms with E-state index in [1.54, 1.807) is 24.3 Å². The molecule has 1 unspecified atom stereocenters. The van der Waals surface area contributed by atoms with Crippen molar-refractivity contribution in [1.82, 2.24) is 0 Å². The van der Waals surface area contributed by atoms with Gasteiger partial charge in [-0.2, -0.15) is 0 Å². The molecule has 7 nitrogen and oxygen atoms in total. The molecule has 2 fully saturated rings. The number of aromatic hydroxyl groups is 1. The fourth-order valence-electron chi connectivity index (χ4n) is 5.57. The van der Waals surface area contributed by atoms with Crippen LogP contribution in [0.1, 0.15) is 42.0 Å². The normalized spacial score (nSPS) is 20.7. The third-order valence-corrected chi connectivity index (χ3v) is 7.41. The summed E-state index contributed by atoms with van der Waals surface area (Å²) in [5.74, 6) is -0.936.